The molecule has 0 radical (unpaired) electrons. The van der Waals surface area contributed by atoms with Crippen molar-refractivity contribution in [3.63, 3.8) is 0 Å². The molecule has 0 saturated carbocycles. The van der Waals surface area contributed by atoms with Gasteiger partial charge in [-0.3, -0.25) is 4.90 Å². The van der Waals surface area contributed by atoms with Crippen molar-refractivity contribution in [1.82, 2.24) is 15.2 Å². The van der Waals surface area contributed by atoms with Crippen molar-refractivity contribution in [2.24, 2.45) is 0 Å². The molecule has 1 aromatic rings. The van der Waals surface area contributed by atoms with Gasteiger partial charge >= 0.3 is 0 Å². The minimum atomic E-state index is 0.608. The molecular formula is C10H17N3S. The Morgan fingerprint density at radius 3 is 3.43 bits per heavy atom. The Kier molecular flexibility index (Phi) is 3.50. The summed E-state index contributed by atoms with van der Waals surface area (Å²) in [5.74, 6) is 0. The lowest BCUT2D eigenvalue weighted by atomic mass is 10.3. The summed E-state index contributed by atoms with van der Waals surface area (Å²) in [6.07, 6.45) is 1.24. The fraction of sp³-hybridized carbons (Fsp3) is 0.700. The molecule has 78 valence electrons. The molecule has 0 spiro atoms. The summed E-state index contributed by atoms with van der Waals surface area (Å²) in [4.78, 5) is 6.81. The molecule has 1 aromatic heterocycles. The minimum Gasteiger partial charge on any atom is -0.313 e. The van der Waals surface area contributed by atoms with E-state index in [-0.39, 0.29) is 0 Å². The number of rotatable bonds is 2. The average Bonchev–Trinajstić information content (AvgIpc) is 2.56. The molecule has 0 aromatic carbocycles. The van der Waals surface area contributed by atoms with E-state index < -0.39 is 0 Å². The van der Waals surface area contributed by atoms with Gasteiger partial charge in [-0.05, 0) is 26.4 Å². The first-order chi connectivity index (χ1) is 6.84. The summed E-state index contributed by atoms with van der Waals surface area (Å²) >= 11 is 1.68. The maximum absolute atomic E-state index is 4.32. The molecule has 4 heteroatoms. The van der Waals surface area contributed by atoms with E-state index in [4.69, 9.17) is 0 Å². The third-order valence-corrected chi connectivity index (χ3v) is 3.18. The molecule has 1 aliphatic rings. The molecule has 1 fully saturated rings. The van der Waals surface area contributed by atoms with E-state index in [0.717, 1.165) is 19.6 Å². The number of thiazole rings is 1. The van der Waals surface area contributed by atoms with Crippen LogP contribution in [0.5, 0.6) is 0 Å². The number of hydrogen-bond acceptors (Lipinski definition) is 4. The molecule has 3 nitrogen and oxygen atoms in total. The third kappa shape index (κ3) is 2.77. The molecule has 0 amide bonds. The second kappa shape index (κ2) is 4.87. The van der Waals surface area contributed by atoms with E-state index in [1.807, 2.05) is 5.51 Å². The van der Waals surface area contributed by atoms with Gasteiger partial charge in [0.15, 0.2) is 0 Å². The zero-order valence-electron chi connectivity index (χ0n) is 8.57. The van der Waals surface area contributed by atoms with Crippen molar-refractivity contribution >= 4 is 11.3 Å². The first-order valence-corrected chi connectivity index (χ1v) is 6.11. The van der Waals surface area contributed by atoms with Gasteiger partial charge in [-0.15, -0.1) is 11.3 Å². The van der Waals surface area contributed by atoms with E-state index in [9.17, 15) is 0 Å². The van der Waals surface area contributed by atoms with Crippen LogP contribution in [0.4, 0.5) is 0 Å². The third-order valence-electron chi connectivity index (χ3n) is 2.55. The second-order valence-electron chi connectivity index (χ2n) is 3.92. The van der Waals surface area contributed by atoms with E-state index in [2.05, 4.69) is 27.5 Å². The standard InChI is InChI=1S/C10H17N3S/c1-9-5-13(4-2-3-11-9)6-10-7-14-8-12-10/h7-9,11H,2-6H2,1H3. The normalized spacial score (nSPS) is 24.8. The smallest absolute Gasteiger partial charge is 0.0795 e. The van der Waals surface area contributed by atoms with Crippen LogP contribution in [-0.2, 0) is 6.54 Å². The highest BCUT2D eigenvalue weighted by Crippen LogP contribution is 2.08. The van der Waals surface area contributed by atoms with Crippen LogP contribution in [0.15, 0.2) is 10.9 Å². The van der Waals surface area contributed by atoms with E-state index in [1.165, 1.54) is 18.7 Å². The molecule has 2 rings (SSSR count). The first-order valence-electron chi connectivity index (χ1n) is 5.17. The van der Waals surface area contributed by atoms with Gasteiger partial charge in [0.1, 0.15) is 0 Å². The zero-order valence-corrected chi connectivity index (χ0v) is 9.39. The molecular weight excluding hydrogens is 194 g/mol. The van der Waals surface area contributed by atoms with Crippen LogP contribution < -0.4 is 5.32 Å². The molecule has 0 bridgehead atoms. The summed E-state index contributed by atoms with van der Waals surface area (Å²) in [7, 11) is 0. The fourth-order valence-electron chi connectivity index (χ4n) is 1.88. The zero-order chi connectivity index (χ0) is 9.80. The van der Waals surface area contributed by atoms with Crippen LogP contribution in [0.25, 0.3) is 0 Å². The number of hydrogen-bond donors (Lipinski definition) is 1. The fourth-order valence-corrected chi connectivity index (χ4v) is 2.43. The Hall–Kier alpha value is -0.450. The summed E-state index contributed by atoms with van der Waals surface area (Å²) in [5, 5.41) is 5.64. The van der Waals surface area contributed by atoms with E-state index in [1.54, 1.807) is 11.3 Å². The van der Waals surface area contributed by atoms with Crippen LogP contribution in [-0.4, -0.2) is 35.6 Å². The number of nitrogens with one attached hydrogen (secondary N) is 1. The van der Waals surface area contributed by atoms with Crippen LogP contribution in [0, 0.1) is 0 Å². The quantitative estimate of drug-likeness (QED) is 0.800. The lowest BCUT2D eigenvalue weighted by Gasteiger charge is -2.20. The molecule has 0 aliphatic carbocycles. The van der Waals surface area contributed by atoms with Crippen molar-refractivity contribution in [2.45, 2.75) is 25.9 Å². The van der Waals surface area contributed by atoms with Crippen molar-refractivity contribution in [3.8, 4) is 0 Å². The van der Waals surface area contributed by atoms with Gasteiger partial charge in [0.05, 0.1) is 11.2 Å². The van der Waals surface area contributed by atoms with Gasteiger partial charge in [0.25, 0.3) is 0 Å². The largest absolute Gasteiger partial charge is 0.313 e. The maximum Gasteiger partial charge on any atom is 0.0795 e. The van der Waals surface area contributed by atoms with E-state index in [0.29, 0.717) is 6.04 Å². The van der Waals surface area contributed by atoms with Gasteiger partial charge < -0.3 is 5.32 Å². The van der Waals surface area contributed by atoms with Crippen molar-refractivity contribution in [2.75, 3.05) is 19.6 Å². The van der Waals surface area contributed by atoms with Crippen LogP contribution in [0.2, 0.25) is 0 Å². The Bertz CT molecular complexity index is 260. The Labute approximate surface area is 89.1 Å². The predicted octanol–water partition coefficient (Wildman–Crippen LogP) is 1.33. The maximum atomic E-state index is 4.32. The minimum absolute atomic E-state index is 0.608. The Morgan fingerprint density at radius 2 is 2.64 bits per heavy atom. The van der Waals surface area contributed by atoms with Crippen LogP contribution in [0.3, 0.4) is 0 Å². The van der Waals surface area contributed by atoms with Gasteiger partial charge in [0.2, 0.25) is 0 Å². The average molecular weight is 211 g/mol. The molecule has 14 heavy (non-hydrogen) atoms. The van der Waals surface area contributed by atoms with Crippen LogP contribution in [0.1, 0.15) is 19.0 Å². The van der Waals surface area contributed by atoms with Crippen LogP contribution >= 0.6 is 11.3 Å². The summed E-state index contributed by atoms with van der Waals surface area (Å²) in [5.41, 5.74) is 3.12. The van der Waals surface area contributed by atoms with Gasteiger partial charge in [-0.2, -0.15) is 0 Å². The molecule has 1 N–H and O–H groups in total. The van der Waals surface area contributed by atoms with Gasteiger partial charge in [-0.25, -0.2) is 4.98 Å². The molecule has 1 atom stereocenters. The molecule has 2 heterocycles. The number of nitrogens with zero attached hydrogens (tertiary/aromatic N) is 2. The summed E-state index contributed by atoms with van der Waals surface area (Å²) in [6, 6.07) is 0.608. The molecule has 1 aliphatic heterocycles. The predicted molar refractivity (Wildman–Crippen MR) is 59.5 cm³/mol. The molecule has 1 saturated heterocycles. The summed E-state index contributed by atoms with van der Waals surface area (Å²) in [6.45, 7) is 6.73. The summed E-state index contributed by atoms with van der Waals surface area (Å²) < 4.78 is 0. The van der Waals surface area contributed by atoms with Crippen molar-refractivity contribution < 1.29 is 0 Å². The Morgan fingerprint density at radius 1 is 1.71 bits per heavy atom. The SMILES string of the molecule is CC1CN(Cc2cscn2)CCCN1. The second-order valence-corrected chi connectivity index (χ2v) is 4.64. The molecule has 1 unspecified atom stereocenters. The topological polar surface area (TPSA) is 28.2 Å². The highest BCUT2D eigenvalue weighted by atomic mass is 32.1. The lowest BCUT2D eigenvalue weighted by Crippen LogP contribution is -2.34. The highest BCUT2D eigenvalue weighted by Gasteiger charge is 2.14. The Balaban J connectivity index is 1.90. The van der Waals surface area contributed by atoms with Crippen molar-refractivity contribution in [1.29, 1.82) is 0 Å². The van der Waals surface area contributed by atoms with Gasteiger partial charge in [0, 0.05) is 24.5 Å². The first kappa shape index (κ1) is 10.1. The van der Waals surface area contributed by atoms with Gasteiger partial charge in [-0.1, -0.05) is 0 Å². The number of aromatic nitrogens is 1. The van der Waals surface area contributed by atoms with E-state index >= 15 is 0 Å². The monoisotopic (exact) mass is 211 g/mol. The lowest BCUT2D eigenvalue weighted by molar-refractivity contribution is 0.262. The highest BCUT2D eigenvalue weighted by molar-refractivity contribution is 7.07. The van der Waals surface area contributed by atoms with Crippen molar-refractivity contribution in [3.05, 3.63) is 16.6 Å².